The molecule has 3 aromatic carbocycles. The van der Waals surface area contributed by atoms with Crippen molar-refractivity contribution in [2.75, 3.05) is 6.79 Å². The Morgan fingerprint density at radius 2 is 1.61 bits per heavy atom. The van der Waals surface area contributed by atoms with Gasteiger partial charge in [-0.05, 0) is 83.4 Å². The maximum absolute atomic E-state index is 13.9. The van der Waals surface area contributed by atoms with Gasteiger partial charge >= 0.3 is 0 Å². The highest BCUT2D eigenvalue weighted by Gasteiger charge is 2.31. The summed E-state index contributed by atoms with van der Waals surface area (Å²) >= 11 is 0. The van der Waals surface area contributed by atoms with E-state index < -0.39 is 31.1 Å². The number of ether oxygens (including phenoxy) is 3. The molecule has 10 heteroatoms. The number of nitrogens with one attached hydrogen (secondary N) is 1. The molecule has 0 saturated heterocycles. The van der Waals surface area contributed by atoms with E-state index in [2.05, 4.69) is 45.5 Å². The molecular weight excluding hydrogens is 595 g/mol. The minimum absolute atomic E-state index is 0.00272. The Morgan fingerprint density at radius 1 is 0.955 bits per heavy atom. The standard InChI is InChI=1S/C34H44NO7SSi/c1-9-10-26-27(20-41-44(7)8)28(34(4,5)6)16-18-29(26)42-32(24-13-17-30-31(19-24)40-21-39-30)33(36)35-43(37,38)25-14-11-23(12-15-25)22(2)3/h11-19,22,32H,9-10,20-21H2,1-8H3,(H,35,36). The highest BCUT2D eigenvalue weighted by Crippen LogP contribution is 2.39. The van der Waals surface area contributed by atoms with Crippen molar-refractivity contribution < 1.29 is 31.8 Å². The Labute approximate surface area is 263 Å². The van der Waals surface area contributed by atoms with Crippen LogP contribution in [-0.4, -0.2) is 30.2 Å². The molecule has 1 heterocycles. The maximum atomic E-state index is 13.9. The molecule has 0 bridgehead atoms. The van der Waals surface area contributed by atoms with Crippen LogP contribution in [0.5, 0.6) is 17.2 Å². The van der Waals surface area contributed by atoms with Crippen LogP contribution < -0.4 is 18.9 Å². The smallest absolute Gasteiger partial charge is 0.279 e. The van der Waals surface area contributed by atoms with Gasteiger partial charge < -0.3 is 18.6 Å². The number of benzene rings is 3. The van der Waals surface area contributed by atoms with Crippen LogP contribution in [-0.2, 0) is 37.7 Å². The third-order valence-corrected chi connectivity index (χ3v) is 9.56. The van der Waals surface area contributed by atoms with Crippen LogP contribution in [0.1, 0.15) is 87.8 Å². The van der Waals surface area contributed by atoms with Crippen LogP contribution in [0.15, 0.2) is 59.5 Å². The molecule has 44 heavy (non-hydrogen) atoms. The van der Waals surface area contributed by atoms with E-state index in [9.17, 15) is 13.2 Å². The Bertz CT molecular complexity index is 1580. The van der Waals surface area contributed by atoms with Crippen LogP contribution in [0, 0.1) is 0 Å². The number of hydrogen-bond donors (Lipinski definition) is 1. The summed E-state index contributed by atoms with van der Waals surface area (Å²) < 4.78 is 52.8. The van der Waals surface area contributed by atoms with Crippen molar-refractivity contribution in [3.05, 3.63) is 82.4 Å². The lowest BCUT2D eigenvalue weighted by Gasteiger charge is -2.28. The number of sulfonamides is 1. The van der Waals surface area contributed by atoms with E-state index >= 15 is 0 Å². The SMILES string of the molecule is CCCc1c(OC(C(=O)NS(=O)(=O)c2ccc(C(C)C)cc2)c2ccc3c(c2)OCO3)ccc(C(C)(C)C)c1CO[Si](C)C. The minimum atomic E-state index is -4.18. The summed E-state index contributed by atoms with van der Waals surface area (Å²) in [5.41, 5.74) is 4.43. The fraction of sp³-hybridized carbons (Fsp3) is 0.441. The van der Waals surface area contributed by atoms with Gasteiger partial charge in [0.25, 0.3) is 15.9 Å². The van der Waals surface area contributed by atoms with Gasteiger partial charge in [-0.2, -0.15) is 0 Å². The maximum Gasteiger partial charge on any atom is 0.279 e. The fourth-order valence-corrected chi connectivity index (χ4v) is 6.56. The second kappa shape index (κ2) is 13.7. The third-order valence-electron chi connectivity index (χ3n) is 7.48. The largest absolute Gasteiger partial charge is 0.475 e. The van der Waals surface area contributed by atoms with Crippen LogP contribution in [0.25, 0.3) is 0 Å². The van der Waals surface area contributed by atoms with Crippen LogP contribution >= 0.6 is 0 Å². The lowest BCUT2D eigenvalue weighted by atomic mass is 9.81. The summed E-state index contributed by atoms with van der Waals surface area (Å²) in [7, 11) is -5.16. The molecule has 0 saturated carbocycles. The fourth-order valence-electron chi connectivity index (χ4n) is 5.14. The van der Waals surface area contributed by atoms with Gasteiger partial charge in [-0.1, -0.05) is 72.2 Å². The van der Waals surface area contributed by atoms with Gasteiger partial charge in [-0.3, -0.25) is 4.79 Å². The molecule has 237 valence electrons. The number of fused-ring (bicyclic) bond motifs is 1. The Kier molecular flexibility index (Phi) is 10.5. The van der Waals surface area contributed by atoms with E-state index in [1.807, 2.05) is 26.0 Å². The highest BCUT2D eigenvalue weighted by molar-refractivity contribution is 7.90. The molecule has 4 rings (SSSR count). The first-order valence-corrected chi connectivity index (χ1v) is 18.9. The average Bonchev–Trinajstić information content (AvgIpc) is 3.43. The van der Waals surface area contributed by atoms with E-state index in [-0.39, 0.29) is 23.0 Å². The summed E-state index contributed by atoms with van der Waals surface area (Å²) in [6.07, 6.45) is 0.244. The summed E-state index contributed by atoms with van der Waals surface area (Å²) in [6.45, 7) is 17.3. The van der Waals surface area contributed by atoms with Crippen molar-refractivity contribution in [3.63, 3.8) is 0 Å². The number of carbonyl (C=O) groups excluding carboxylic acids is 1. The van der Waals surface area contributed by atoms with Gasteiger partial charge in [0.15, 0.2) is 11.5 Å². The molecule has 1 atom stereocenters. The minimum Gasteiger partial charge on any atom is -0.475 e. The summed E-state index contributed by atoms with van der Waals surface area (Å²) in [4.78, 5) is 13.9. The first-order valence-electron chi connectivity index (χ1n) is 15.0. The van der Waals surface area contributed by atoms with Crippen molar-refractivity contribution in [1.29, 1.82) is 0 Å². The zero-order valence-electron chi connectivity index (χ0n) is 26.9. The van der Waals surface area contributed by atoms with Gasteiger partial charge in [-0.15, -0.1) is 0 Å². The second-order valence-corrected chi connectivity index (χ2v) is 16.4. The van der Waals surface area contributed by atoms with E-state index in [1.165, 1.54) is 12.1 Å². The molecule has 1 amide bonds. The molecular formula is C34H44NO7SSi. The number of amides is 1. The van der Waals surface area contributed by atoms with Crippen molar-refractivity contribution in [2.24, 2.45) is 0 Å². The van der Waals surface area contributed by atoms with E-state index in [4.69, 9.17) is 18.6 Å². The normalized spacial score (nSPS) is 13.8. The molecule has 1 unspecified atom stereocenters. The number of carbonyl (C=O) groups is 1. The highest BCUT2D eigenvalue weighted by atomic mass is 32.2. The predicted molar refractivity (Wildman–Crippen MR) is 173 cm³/mol. The van der Waals surface area contributed by atoms with Crippen molar-refractivity contribution in [1.82, 2.24) is 4.72 Å². The quantitative estimate of drug-likeness (QED) is 0.210. The average molecular weight is 639 g/mol. The Morgan fingerprint density at radius 3 is 2.23 bits per heavy atom. The lowest BCUT2D eigenvalue weighted by molar-refractivity contribution is -0.126. The van der Waals surface area contributed by atoms with Crippen molar-refractivity contribution in [2.45, 2.75) is 96.4 Å². The van der Waals surface area contributed by atoms with Crippen LogP contribution in [0.3, 0.4) is 0 Å². The molecule has 0 aliphatic carbocycles. The zero-order chi connectivity index (χ0) is 32.2. The lowest BCUT2D eigenvalue weighted by Crippen LogP contribution is -2.37. The van der Waals surface area contributed by atoms with Gasteiger partial charge in [0.2, 0.25) is 21.9 Å². The predicted octanol–water partition coefficient (Wildman–Crippen LogP) is 7.18. The summed E-state index contributed by atoms with van der Waals surface area (Å²) in [5.74, 6) is 0.941. The van der Waals surface area contributed by atoms with Gasteiger partial charge in [0, 0.05) is 5.56 Å². The molecule has 1 N–H and O–H groups in total. The molecule has 1 radical (unpaired) electrons. The molecule has 0 fully saturated rings. The monoisotopic (exact) mass is 638 g/mol. The van der Waals surface area contributed by atoms with Crippen LogP contribution in [0.4, 0.5) is 0 Å². The Balaban J connectivity index is 1.77. The van der Waals surface area contributed by atoms with E-state index in [0.717, 1.165) is 28.7 Å². The number of rotatable bonds is 12. The molecule has 1 aliphatic rings. The summed E-state index contributed by atoms with van der Waals surface area (Å²) in [6, 6.07) is 15.5. The van der Waals surface area contributed by atoms with Crippen molar-refractivity contribution >= 4 is 25.0 Å². The van der Waals surface area contributed by atoms with Gasteiger partial charge in [-0.25, -0.2) is 13.1 Å². The first-order chi connectivity index (χ1) is 20.7. The molecule has 8 nitrogen and oxygen atoms in total. The van der Waals surface area contributed by atoms with E-state index in [0.29, 0.717) is 35.8 Å². The van der Waals surface area contributed by atoms with Gasteiger partial charge in [0.05, 0.1) is 11.5 Å². The van der Waals surface area contributed by atoms with Crippen molar-refractivity contribution in [3.8, 4) is 17.2 Å². The van der Waals surface area contributed by atoms with E-state index in [1.54, 1.807) is 30.3 Å². The first kappa shape index (κ1) is 33.5. The Hall–Kier alpha value is -3.34. The summed E-state index contributed by atoms with van der Waals surface area (Å²) in [5, 5.41) is 0. The molecule has 3 aromatic rings. The third kappa shape index (κ3) is 7.83. The zero-order valence-corrected chi connectivity index (χ0v) is 28.8. The molecule has 0 spiro atoms. The second-order valence-electron chi connectivity index (χ2n) is 12.6. The topological polar surface area (TPSA) is 100 Å². The molecule has 0 aromatic heterocycles. The molecule has 1 aliphatic heterocycles. The number of hydrogen-bond acceptors (Lipinski definition) is 7. The van der Waals surface area contributed by atoms with Crippen LogP contribution in [0.2, 0.25) is 13.1 Å². The van der Waals surface area contributed by atoms with Gasteiger partial charge in [0.1, 0.15) is 5.75 Å².